The first kappa shape index (κ1) is 29.2. The van der Waals surface area contributed by atoms with Crippen molar-refractivity contribution in [3.05, 3.63) is 138 Å². The number of amides is 2. The summed E-state index contributed by atoms with van der Waals surface area (Å²) >= 11 is 3.32. The minimum atomic E-state index is -0.744. The molecule has 0 radical (unpaired) electrons. The maximum absolute atomic E-state index is 12.6. The molecule has 2 N–H and O–H groups in total. The molecule has 2 amide bonds. The lowest BCUT2D eigenvalue weighted by atomic mass is 10.1. The molecule has 0 aromatic heterocycles. The van der Waals surface area contributed by atoms with Gasteiger partial charge in [0.15, 0.2) is 0 Å². The predicted molar refractivity (Wildman–Crippen MR) is 155 cm³/mol. The van der Waals surface area contributed by atoms with E-state index in [2.05, 4.69) is 31.8 Å². The van der Waals surface area contributed by atoms with Crippen LogP contribution < -0.4 is 15.5 Å². The van der Waals surface area contributed by atoms with E-state index >= 15 is 0 Å². The minimum absolute atomic E-state index is 0.104. The second kappa shape index (κ2) is 13.1. The third-order valence-electron chi connectivity index (χ3n) is 5.60. The van der Waals surface area contributed by atoms with Gasteiger partial charge in [-0.25, -0.2) is 10.2 Å². The highest BCUT2D eigenvalue weighted by atomic mass is 79.9. The lowest BCUT2D eigenvalue weighted by Crippen LogP contribution is -2.18. The molecule has 0 atom stereocenters. The molecule has 14 heteroatoms. The zero-order chi connectivity index (χ0) is 30.2. The fraction of sp³-hybridized carbons (Fsp3) is 0. The van der Waals surface area contributed by atoms with Gasteiger partial charge >= 0.3 is 5.97 Å². The van der Waals surface area contributed by atoms with Gasteiger partial charge < -0.3 is 10.1 Å². The molecule has 4 aromatic carbocycles. The zero-order valence-corrected chi connectivity index (χ0v) is 22.8. The number of nitrogens with one attached hydrogen (secondary N) is 2. The molecule has 0 aliphatic carbocycles. The van der Waals surface area contributed by atoms with E-state index < -0.39 is 27.6 Å². The van der Waals surface area contributed by atoms with E-state index in [9.17, 15) is 34.6 Å². The van der Waals surface area contributed by atoms with Gasteiger partial charge in [-0.05, 0) is 66.7 Å². The van der Waals surface area contributed by atoms with E-state index in [1.54, 1.807) is 12.1 Å². The fourth-order valence-electron chi connectivity index (χ4n) is 3.46. The van der Waals surface area contributed by atoms with E-state index in [1.165, 1.54) is 85.1 Å². The van der Waals surface area contributed by atoms with Gasteiger partial charge in [0.2, 0.25) is 0 Å². The smallest absolute Gasteiger partial charge is 0.343 e. The summed E-state index contributed by atoms with van der Waals surface area (Å²) in [6.07, 6.45) is 1.28. The number of ether oxygens (including phenoxy) is 1. The van der Waals surface area contributed by atoms with Crippen LogP contribution in [0.5, 0.6) is 5.75 Å². The van der Waals surface area contributed by atoms with Gasteiger partial charge in [-0.2, -0.15) is 5.10 Å². The summed E-state index contributed by atoms with van der Waals surface area (Å²) in [5.74, 6) is -1.65. The Balaban J connectivity index is 1.37. The summed E-state index contributed by atoms with van der Waals surface area (Å²) in [5.41, 5.74) is 3.37. The molecule has 210 valence electrons. The van der Waals surface area contributed by atoms with Crippen LogP contribution in [0, 0.1) is 20.2 Å². The molecular weight excluding hydrogens is 614 g/mol. The van der Waals surface area contributed by atoms with Gasteiger partial charge in [0.1, 0.15) is 5.75 Å². The van der Waals surface area contributed by atoms with Crippen LogP contribution >= 0.6 is 15.9 Å². The number of anilines is 1. The maximum Gasteiger partial charge on any atom is 0.343 e. The Bertz CT molecular complexity index is 1710. The topological polar surface area (TPSA) is 183 Å². The van der Waals surface area contributed by atoms with Crippen molar-refractivity contribution in [1.82, 2.24) is 5.43 Å². The average Bonchev–Trinajstić information content (AvgIpc) is 2.98. The summed E-state index contributed by atoms with van der Waals surface area (Å²) in [7, 11) is 0. The van der Waals surface area contributed by atoms with Crippen LogP contribution in [0.25, 0.3) is 0 Å². The van der Waals surface area contributed by atoms with Crippen LogP contribution in [0.1, 0.15) is 36.6 Å². The first-order chi connectivity index (χ1) is 20.1. The maximum atomic E-state index is 12.6. The average molecular weight is 632 g/mol. The molecule has 0 saturated heterocycles. The number of nitrogens with zero attached hydrogens (tertiary/aromatic N) is 3. The first-order valence-electron chi connectivity index (χ1n) is 11.9. The fourth-order valence-corrected chi connectivity index (χ4v) is 3.84. The van der Waals surface area contributed by atoms with Crippen molar-refractivity contribution in [2.75, 3.05) is 5.32 Å². The first-order valence-corrected chi connectivity index (χ1v) is 12.7. The lowest BCUT2D eigenvalue weighted by Gasteiger charge is -2.08. The minimum Gasteiger partial charge on any atom is -0.422 e. The van der Waals surface area contributed by atoms with Gasteiger partial charge in [0.05, 0.1) is 21.6 Å². The van der Waals surface area contributed by atoms with E-state index in [1.807, 2.05) is 0 Å². The molecule has 4 aromatic rings. The Morgan fingerprint density at radius 3 is 1.83 bits per heavy atom. The Labute approximate surface area is 245 Å². The monoisotopic (exact) mass is 631 g/mol. The standard InChI is InChI=1S/C28H18BrN5O8/c29-21-7-14-25(42-28(37)19-5-12-24(13-6-19)34(40)41)20(15-21)16-30-32-27(36)18-1-8-22(9-2-18)31-26(35)17-3-10-23(11-4-17)33(38)39/h1-16H,(H,31,35)(H,32,36)/b30-16-. The molecular formula is C28H18BrN5O8. The number of rotatable bonds is 9. The van der Waals surface area contributed by atoms with Gasteiger partial charge in [0, 0.05) is 51.1 Å². The van der Waals surface area contributed by atoms with Crippen molar-refractivity contribution >= 4 is 57.0 Å². The summed E-state index contributed by atoms with van der Waals surface area (Å²) in [5, 5.41) is 28.2. The summed E-state index contributed by atoms with van der Waals surface area (Å²) < 4.78 is 6.07. The molecule has 0 spiro atoms. The van der Waals surface area contributed by atoms with Gasteiger partial charge in [-0.15, -0.1) is 0 Å². The normalized spacial score (nSPS) is 10.6. The third-order valence-corrected chi connectivity index (χ3v) is 6.10. The third kappa shape index (κ3) is 7.45. The van der Waals surface area contributed by atoms with Crippen molar-refractivity contribution in [3.8, 4) is 5.75 Å². The molecule has 0 fully saturated rings. The number of nitro benzene ring substituents is 2. The summed E-state index contributed by atoms with van der Waals surface area (Å²) in [4.78, 5) is 57.9. The van der Waals surface area contributed by atoms with Gasteiger partial charge in [0.25, 0.3) is 23.2 Å². The Morgan fingerprint density at radius 1 is 0.738 bits per heavy atom. The van der Waals surface area contributed by atoms with Crippen LogP contribution in [0.2, 0.25) is 0 Å². The van der Waals surface area contributed by atoms with E-state index in [4.69, 9.17) is 4.74 Å². The molecule has 0 aliphatic heterocycles. The molecule has 42 heavy (non-hydrogen) atoms. The van der Waals surface area contributed by atoms with Crippen molar-refractivity contribution in [1.29, 1.82) is 0 Å². The summed E-state index contributed by atoms with van der Waals surface area (Å²) in [6, 6.07) is 20.8. The molecule has 0 aliphatic rings. The number of carbonyl (C=O) groups is 3. The molecule has 4 rings (SSSR count). The van der Waals surface area contributed by atoms with Crippen LogP contribution in [0.4, 0.5) is 17.1 Å². The predicted octanol–water partition coefficient (Wildman–Crippen LogP) is 5.50. The quantitative estimate of drug-likeness (QED) is 0.0797. The number of hydrogen-bond donors (Lipinski definition) is 2. The number of hydrazone groups is 1. The van der Waals surface area contributed by atoms with Crippen LogP contribution in [-0.2, 0) is 0 Å². The highest BCUT2D eigenvalue weighted by Gasteiger charge is 2.14. The summed E-state index contributed by atoms with van der Waals surface area (Å²) in [6.45, 7) is 0. The molecule has 13 nitrogen and oxygen atoms in total. The van der Waals surface area contributed by atoms with Crippen LogP contribution in [-0.4, -0.2) is 33.8 Å². The number of nitro groups is 2. The molecule has 0 unspecified atom stereocenters. The van der Waals surface area contributed by atoms with E-state index in [0.29, 0.717) is 15.7 Å². The Hall–Kier alpha value is -5.76. The van der Waals surface area contributed by atoms with E-state index in [0.717, 1.165) is 0 Å². The lowest BCUT2D eigenvalue weighted by molar-refractivity contribution is -0.385. The number of hydrogen-bond acceptors (Lipinski definition) is 9. The van der Waals surface area contributed by atoms with Crippen molar-refractivity contribution in [2.24, 2.45) is 5.10 Å². The largest absolute Gasteiger partial charge is 0.422 e. The molecule has 0 heterocycles. The number of non-ortho nitro benzene ring substituents is 2. The number of esters is 1. The molecule has 0 bridgehead atoms. The Morgan fingerprint density at radius 2 is 1.26 bits per heavy atom. The van der Waals surface area contributed by atoms with Crippen molar-refractivity contribution < 1.29 is 29.0 Å². The number of halogens is 1. The van der Waals surface area contributed by atoms with Crippen LogP contribution in [0.3, 0.4) is 0 Å². The van der Waals surface area contributed by atoms with E-state index in [-0.39, 0.29) is 33.8 Å². The zero-order valence-electron chi connectivity index (χ0n) is 21.2. The van der Waals surface area contributed by atoms with Crippen molar-refractivity contribution in [3.63, 3.8) is 0 Å². The Kier molecular flexibility index (Phi) is 9.09. The van der Waals surface area contributed by atoms with Crippen LogP contribution in [0.15, 0.2) is 101 Å². The number of benzene rings is 4. The van der Waals surface area contributed by atoms with Crippen molar-refractivity contribution in [2.45, 2.75) is 0 Å². The second-order valence-electron chi connectivity index (χ2n) is 8.41. The highest BCUT2D eigenvalue weighted by Crippen LogP contribution is 2.23. The molecule has 0 saturated carbocycles. The second-order valence-corrected chi connectivity index (χ2v) is 9.33. The van der Waals surface area contributed by atoms with Gasteiger partial charge in [-0.3, -0.25) is 29.8 Å². The highest BCUT2D eigenvalue weighted by molar-refractivity contribution is 9.10. The van der Waals surface area contributed by atoms with Gasteiger partial charge in [-0.1, -0.05) is 15.9 Å². The number of carbonyl (C=O) groups excluding carboxylic acids is 3. The SMILES string of the molecule is O=C(N/N=C\c1cc(Br)ccc1OC(=O)c1ccc([N+](=O)[O-])cc1)c1ccc(NC(=O)c2ccc([N+](=O)[O-])cc2)cc1.